The van der Waals surface area contributed by atoms with Gasteiger partial charge in [-0.25, -0.2) is 13.8 Å². The Morgan fingerprint density at radius 3 is 2.23 bits per heavy atom. The first kappa shape index (κ1) is 29.5. The molecule has 0 spiro atoms. The number of alkyl halides is 2. The molecule has 2 unspecified atom stereocenters. The number of nitrogens with one attached hydrogen (secondary N) is 1. The molecule has 1 aliphatic rings. The smallest absolute Gasteiger partial charge is 0.249 e. The molecule has 2 aromatic carbocycles. The van der Waals surface area contributed by atoms with Gasteiger partial charge in [0, 0.05) is 37.7 Å². The molecular formula is C30H35F2N3O4S. The van der Waals surface area contributed by atoms with Crippen LogP contribution in [0.1, 0.15) is 53.6 Å². The van der Waals surface area contributed by atoms with Crippen LogP contribution >= 0.6 is 11.3 Å². The summed E-state index contributed by atoms with van der Waals surface area (Å²) in [5.74, 6) is -2.42. The molecule has 1 N–H and O–H groups in total. The summed E-state index contributed by atoms with van der Waals surface area (Å²) in [6, 6.07) is 13.7. The highest BCUT2D eigenvalue weighted by Gasteiger charge is 2.42. The third-order valence-electron chi connectivity index (χ3n) is 7.17. The van der Waals surface area contributed by atoms with Gasteiger partial charge < -0.3 is 19.7 Å². The van der Waals surface area contributed by atoms with E-state index in [0.717, 1.165) is 16.1 Å². The molecule has 1 aromatic heterocycles. The third kappa shape index (κ3) is 7.78. The first-order valence-electron chi connectivity index (χ1n) is 13.3. The van der Waals surface area contributed by atoms with Crippen LogP contribution in [0.25, 0.3) is 0 Å². The number of aryl methyl sites for hydroxylation is 2. The van der Waals surface area contributed by atoms with E-state index >= 15 is 0 Å². The highest BCUT2D eigenvalue weighted by Crippen LogP contribution is 2.40. The molecule has 4 rings (SSSR count). The molecule has 1 heterocycles. The number of nitrogens with zero attached hydrogens (tertiary/aromatic N) is 2. The molecule has 0 bridgehead atoms. The van der Waals surface area contributed by atoms with Crippen LogP contribution in [-0.2, 0) is 22.6 Å². The van der Waals surface area contributed by atoms with Gasteiger partial charge in [0.25, 0.3) is 0 Å². The summed E-state index contributed by atoms with van der Waals surface area (Å²) in [6.45, 7) is 2.12. The maximum absolute atomic E-state index is 14.1. The van der Waals surface area contributed by atoms with Gasteiger partial charge in [-0.1, -0.05) is 24.3 Å². The minimum absolute atomic E-state index is 0.0637. The number of carbonyl (C=O) groups is 2. The van der Waals surface area contributed by atoms with E-state index in [1.807, 2.05) is 43.3 Å². The number of methoxy groups -OCH3 is 2. The van der Waals surface area contributed by atoms with Gasteiger partial charge in [-0.3, -0.25) is 9.59 Å². The van der Waals surface area contributed by atoms with Crippen LogP contribution in [0.4, 0.5) is 8.78 Å². The summed E-state index contributed by atoms with van der Waals surface area (Å²) >= 11 is 1.38. The number of hydrogen-bond donors (Lipinski definition) is 1. The fraction of sp³-hybridized carbons (Fsp3) is 0.433. The number of rotatable bonds is 12. The van der Waals surface area contributed by atoms with Crippen molar-refractivity contribution in [2.24, 2.45) is 5.92 Å². The monoisotopic (exact) mass is 571 g/mol. The zero-order valence-electron chi connectivity index (χ0n) is 23.0. The SMILES string of the molecule is COc1ccc(CCC(=O)N(CC2CCC(F)(F)C2)C(C(=O)NCc2ccc(OC)cc2)c2csc(C)n2)cc1. The van der Waals surface area contributed by atoms with E-state index in [4.69, 9.17) is 9.47 Å². The Morgan fingerprint density at radius 2 is 1.70 bits per heavy atom. The molecule has 10 heteroatoms. The number of thiazole rings is 1. The van der Waals surface area contributed by atoms with E-state index < -0.39 is 23.8 Å². The Labute approximate surface area is 237 Å². The quantitative estimate of drug-likeness (QED) is 0.301. The molecule has 214 valence electrons. The number of amides is 2. The van der Waals surface area contributed by atoms with Gasteiger partial charge >= 0.3 is 0 Å². The molecule has 1 saturated carbocycles. The molecule has 0 aliphatic heterocycles. The van der Waals surface area contributed by atoms with Gasteiger partial charge in [0.1, 0.15) is 11.5 Å². The molecule has 2 amide bonds. The van der Waals surface area contributed by atoms with Gasteiger partial charge in [-0.05, 0) is 61.1 Å². The molecule has 1 aliphatic carbocycles. The lowest BCUT2D eigenvalue weighted by molar-refractivity contribution is -0.142. The van der Waals surface area contributed by atoms with Crippen molar-refractivity contribution < 1.29 is 27.8 Å². The average molecular weight is 572 g/mol. The van der Waals surface area contributed by atoms with Gasteiger partial charge in [-0.2, -0.15) is 0 Å². The second kappa shape index (κ2) is 13.2. The van der Waals surface area contributed by atoms with Gasteiger partial charge in [0.05, 0.1) is 24.9 Å². The molecular weight excluding hydrogens is 536 g/mol. The first-order valence-corrected chi connectivity index (χ1v) is 14.2. The summed E-state index contributed by atoms with van der Waals surface area (Å²) in [7, 11) is 3.17. The fourth-order valence-electron chi connectivity index (χ4n) is 4.98. The molecule has 40 heavy (non-hydrogen) atoms. The van der Waals surface area contributed by atoms with E-state index in [2.05, 4.69) is 10.3 Å². The molecule has 1 fully saturated rings. The van der Waals surface area contributed by atoms with E-state index in [0.29, 0.717) is 30.0 Å². The Bertz CT molecular complexity index is 1280. The second-order valence-corrected chi connectivity index (χ2v) is 11.2. The van der Waals surface area contributed by atoms with Crippen molar-refractivity contribution in [2.75, 3.05) is 20.8 Å². The summed E-state index contributed by atoms with van der Waals surface area (Å²) < 4.78 is 38.6. The first-order chi connectivity index (χ1) is 19.2. The topological polar surface area (TPSA) is 80.8 Å². The van der Waals surface area contributed by atoms with E-state index in [9.17, 15) is 18.4 Å². The van der Waals surface area contributed by atoms with E-state index in [1.54, 1.807) is 31.7 Å². The zero-order valence-corrected chi connectivity index (χ0v) is 23.8. The predicted octanol–water partition coefficient (Wildman–Crippen LogP) is 5.72. The molecule has 7 nitrogen and oxygen atoms in total. The minimum Gasteiger partial charge on any atom is -0.497 e. The van der Waals surface area contributed by atoms with Crippen LogP contribution in [0.15, 0.2) is 53.9 Å². The second-order valence-electron chi connectivity index (χ2n) is 10.1. The van der Waals surface area contributed by atoms with Gasteiger partial charge in [0.2, 0.25) is 17.7 Å². The summed E-state index contributed by atoms with van der Waals surface area (Å²) in [6.07, 6.45) is 0.351. The molecule has 3 aromatic rings. The van der Waals surface area contributed by atoms with Crippen molar-refractivity contribution >= 4 is 23.2 Å². The Balaban J connectivity index is 1.57. The van der Waals surface area contributed by atoms with Crippen LogP contribution in [0, 0.1) is 12.8 Å². The fourth-order valence-corrected chi connectivity index (χ4v) is 5.62. The lowest BCUT2D eigenvalue weighted by Gasteiger charge is -2.32. The standard InChI is InChI=1S/C30H35F2N3O4S/c1-20-34-26(19-40-20)28(29(37)33-17-22-6-11-25(39-3)12-7-22)35(18-23-14-15-30(31,32)16-23)27(36)13-8-21-4-9-24(38-2)10-5-21/h4-7,9-12,19,23,28H,8,13-18H2,1-3H3,(H,33,37). The summed E-state index contributed by atoms with van der Waals surface area (Å²) in [4.78, 5) is 33.5. The maximum atomic E-state index is 14.1. The van der Waals surface area contributed by atoms with Crippen molar-refractivity contribution in [3.63, 3.8) is 0 Å². The van der Waals surface area contributed by atoms with Crippen molar-refractivity contribution in [3.8, 4) is 11.5 Å². The highest BCUT2D eigenvalue weighted by molar-refractivity contribution is 7.09. The Hall–Kier alpha value is -3.53. The van der Waals surface area contributed by atoms with Crippen molar-refractivity contribution in [1.29, 1.82) is 0 Å². The van der Waals surface area contributed by atoms with Crippen molar-refractivity contribution in [3.05, 3.63) is 75.7 Å². The zero-order chi connectivity index (χ0) is 28.7. The van der Waals surface area contributed by atoms with Gasteiger partial charge in [-0.15, -0.1) is 11.3 Å². The van der Waals surface area contributed by atoms with Gasteiger partial charge in [0.15, 0.2) is 6.04 Å². The molecule has 2 atom stereocenters. The largest absolute Gasteiger partial charge is 0.497 e. The Morgan fingerprint density at radius 1 is 1.07 bits per heavy atom. The van der Waals surface area contributed by atoms with E-state index in [-0.39, 0.29) is 38.3 Å². The van der Waals surface area contributed by atoms with E-state index in [1.165, 1.54) is 16.2 Å². The number of ether oxygens (including phenoxy) is 2. The number of aromatic nitrogens is 1. The van der Waals surface area contributed by atoms with Crippen LogP contribution in [0.5, 0.6) is 11.5 Å². The summed E-state index contributed by atoms with van der Waals surface area (Å²) in [5, 5.41) is 5.45. The van der Waals surface area contributed by atoms with Crippen molar-refractivity contribution in [2.45, 2.75) is 57.5 Å². The van der Waals surface area contributed by atoms with Crippen LogP contribution in [-0.4, -0.2) is 48.4 Å². The predicted molar refractivity (Wildman–Crippen MR) is 150 cm³/mol. The number of hydrogen-bond acceptors (Lipinski definition) is 6. The van der Waals surface area contributed by atoms with Crippen molar-refractivity contribution in [1.82, 2.24) is 15.2 Å². The normalized spacial score (nSPS) is 16.8. The average Bonchev–Trinajstić information content (AvgIpc) is 3.54. The number of carbonyl (C=O) groups excluding carboxylic acids is 2. The lowest BCUT2D eigenvalue weighted by atomic mass is 10.0. The minimum atomic E-state index is -2.76. The summed E-state index contributed by atoms with van der Waals surface area (Å²) in [5.41, 5.74) is 2.24. The third-order valence-corrected chi connectivity index (χ3v) is 7.96. The Kier molecular flexibility index (Phi) is 9.73. The number of halogens is 2. The maximum Gasteiger partial charge on any atom is 0.249 e. The lowest BCUT2D eigenvalue weighted by Crippen LogP contribution is -2.45. The van der Waals surface area contributed by atoms with Crippen LogP contribution in [0.2, 0.25) is 0 Å². The van der Waals surface area contributed by atoms with Crippen LogP contribution < -0.4 is 14.8 Å². The molecule has 0 saturated heterocycles. The number of benzene rings is 2. The highest BCUT2D eigenvalue weighted by atomic mass is 32.1. The van der Waals surface area contributed by atoms with Crippen LogP contribution in [0.3, 0.4) is 0 Å². The molecule has 0 radical (unpaired) electrons.